The van der Waals surface area contributed by atoms with Crippen LogP contribution in [0.25, 0.3) is 10.9 Å². The van der Waals surface area contributed by atoms with Gasteiger partial charge in [-0.15, -0.1) is 0 Å². The van der Waals surface area contributed by atoms with Crippen molar-refractivity contribution in [3.05, 3.63) is 35.5 Å². The first-order valence-corrected chi connectivity index (χ1v) is 5.19. The van der Waals surface area contributed by atoms with Crippen LogP contribution in [0.1, 0.15) is 25.1 Å². The summed E-state index contributed by atoms with van der Waals surface area (Å²) in [7, 11) is 2.05. The molecule has 0 saturated carbocycles. The van der Waals surface area contributed by atoms with Crippen molar-refractivity contribution in [1.82, 2.24) is 4.57 Å². The number of nitrogens with zero attached hydrogens (tertiary/aromatic N) is 1. The second-order valence-corrected chi connectivity index (χ2v) is 4.64. The van der Waals surface area contributed by atoms with E-state index in [-0.39, 0.29) is 0 Å². The molecule has 0 fully saturated rings. The average Bonchev–Trinajstić information content (AvgIpc) is 2.41. The first kappa shape index (κ1) is 10.2. The van der Waals surface area contributed by atoms with Crippen LogP contribution in [-0.4, -0.2) is 9.67 Å². The summed E-state index contributed by atoms with van der Waals surface area (Å²) in [6.45, 7) is 5.72. The molecular formula is C13H17NO. The molecule has 0 bridgehead atoms. The summed E-state index contributed by atoms with van der Waals surface area (Å²) >= 11 is 0. The van der Waals surface area contributed by atoms with Gasteiger partial charge in [0.05, 0.1) is 5.60 Å². The SMILES string of the molecule is Cc1cc2c(C(C)(C)O)cccc2n1C. The van der Waals surface area contributed by atoms with Crippen molar-refractivity contribution in [2.75, 3.05) is 0 Å². The van der Waals surface area contributed by atoms with Crippen molar-refractivity contribution < 1.29 is 5.11 Å². The van der Waals surface area contributed by atoms with E-state index < -0.39 is 5.60 Å². The fraction of sp³-hybridized carbons (Fsp3) is 0.385. The Balaban J connectivity index is 2.83. The largest absolute Gasteiger partial charge is 0.386 e. The van der Waals surface area contributed by atoms with Gasteiger partial charge in [-0.25, -0.2) is 0 Å². The highest BCUT2D eigenvalue weighted by Gasteiger charge is 2.19. The summed E-state index contributed by atoms with van der Waals surface area (Å²) in [4.78, 5) is 0. The first-order chi connectivity index (χ1) is 6.91. The second-order valence-electron chi connectivity index (χ2n) is 4.64. The number of aliphatic hydroxyl groups is 1. The van der Waals surface area contributed by atoms with E-state index in [0.717, 1.165) is 10.9 Å². The van der Waals surface area contributed by atoms with Gasteiger partial charge in [0.2, 0.25) is 0 Å². The van der Waals surface area contributed by atoms with Gasteiger partial charge in [0, 0.05) is 23.6 Å². The molecule has 15 heavy (non-hydrogen) atoms. The summed E-state index contributed by atoms with van der Waals surface area (Å²) in [6.07, 6.45) is 0. The number of rotatable bonds is 1. The summed E-state index contributed by atoms with van der Waals surface area (Å²) in [5, 5.41) is 11.2. The summed E-state index contributed by atoms with van der Waals surface area (Å²) in [5.41, 5.74) is 2.59. The lowest BCUT2D eigenvalue weighted by Crippen LogP contribution is -2.15. The molecule has 0 radical (unpaired) electrons. The van der Waals surface area contributed by atoms with Crippen LogP contribution in [0.3, 0.4) is 0 Å². The van der Waals surface area contributed by atoms with Crippen molar-refractivity contribution >= 4 is 10.9 Å². The molecule has 1 aromatic heterocycles. The van der Waals surface area contributed by atoms with E-state index in [9.17, 15) is 5.11 Å². The molecule has 80 valence electrons. The van der Waals surface area contributed by atoms with Crippen LogP contribution in [-0.2, 0) is 12.6 Å². The standard InChI is InChI=1S/C13H17NO/c1-9-8-10-11(13(2,3)15)6-5-7-12(10)14(9)4/h5-8,15H,1-4H3. The normalized spacial score (nSPS) is 12.3. The maximum absolute atomic E-state index is 10.1. The topological polar surface area (TPSA) is 25.2 Å². The van der Waals surface area contributed by atoms with E-state index in [1.54, 1.807) is 0 Å². The molecule has 2 nitrogen and oxygen atoms in total. The van der Waals surface area contributed by atoms with Gasteiger partial charge in [-0.1, -0.05) is 12.1 Å². The Morgan fingerprint density at radius 1 is 1.27 bits per heavy atom. The second kappa shape index (κ2) is 3.11. The molecule has 2 rings (SSSR count). The van der Waals surface area contributed by atoms with E-state index >= 15 is 0 Å². The molecule has 2 heteroatoms. The van der Waals surface area contributed by atoms with Crippen LogP contribution >= 0.6 is 0 Å². The Labute approximate surface area is 90.2 Å². The van der Waals surface area contributed by atoms with Gasteiger partial charge in [0.25, 0.3) is 0 Å². The first-order valence-electron chi connectivity index (χ1n) is 5.19. The number of aromatic nitrogens is 1. The predicted octanol–water partition coefficient (Wildman–Crippen LogP) is 2.71. The lowest BCUT2D eigenvalue weighted by molar-refractivity contribution is 0.0802. The Morgan fingerprint density at radius 3 is 2.53 bits per heavy atom. The van der Waals surface area contributed by atoms with Crippen LogP contribution in [0.5, 0.6) is 0 Å². The molecule has 0 saturated heterocycles. The maximum Gasteiger partial charge on any atom is 0.0847 e. The summed E-state index contributed by atoms with van der Waals surface area (Å²) < 4.78 is 2.14. The van der Waals surface area contributed by atoms with Gasteiger partial charge in [0.15, 0.2) is 0 Å². The number of benzene rings is 1. The summed E-state index contributed by atoms with van der Waals surface area (Å²) in [6, 6.07) is 8.19. The number of hydrogen-bond donors (Lipinski definition) is 1. The minimum atomic E-state index is -0.784. The lowest BCUT2D eigenvalue weighted by atomic mass is 9.95. The van der Waals surface area contributed by atoms with Gasteiger partial charge >= 0.3 is 0 Å². The van der Waals surface area contributed by atoms with E-state index in [1.165, 1.54) is 11.2 Å². The predicted molar refractivity (Wildman–Crippen MR) is 62.9 cm³/mol. The van der Waals surface area contributed by atoms with Crippen LogP contribution in [0.2, 0.25) is 0 Å². The smallest absolute Gasteiger partial charge is 0.0847 e. The van der Waals surface area contributed by atoms with Crippen LogP contribution in [0.15, 0.2) is 24.3 Å². The van der Waals surface area contributed by atoms with Crippen molar-refractivity contribution in [3.63, 3.8) is 0 Å². The van der Waals surface area contributed by atoms with Crippen molar-refractivity contribution in [3.8, 4) is 0 Å². The molecule has 0 spiro atoms. The summed E-state index contributed by atoms with van der Waals surface area (Å²) in [5.74, 6) is 0. The minimum Gasteiger partial charge on any atom is -0.386 e. The molecule has 0 aliphatic heterocycles. The van der Waals surface area contributed by atoms with E-state index in [1.807, 2.05) is 33.0 Å². The molecule has 0 atom stereocenters. The van der Waals surface area contributed by atoms with E-state index in [2.05, 4.69) is 23.6 Å². The Hall–Kier alpha value is -1.28. The Morgan fingerprint density at radius 2 is 1.93 bits per heavy atom. The molecule has 0 aliphatic carbocycles. The van der Waals surface area contributed by atoms with Gasteiger partial charge < -0.3 is 9.67 Å². The number of hydrogen-bond acceptors (Lipinski definition) is 1. The van der Waals surface area contributed by atoms with Gasteiger partial charge in [-0.05, 0) is 38.5 Å². The molecule has 1 heterocycles. The zero-order valence-electron chi connectivity index (χ0n) is 9.70. The zero-order valence-corrected chi connectivity index (χ0v) is 9.70. The van der Waals surface area contributed by atoms with Crippen molar-refractivity contribution in [2.24, 2.45) is 7.05 Å². The monoisotopic (exact) mass is 203 g/mol. The third-order valence-corrected chi connectivity index (χ3v) is 2.99. The quantitative estimate of drug-likeness (QED) is 0.757. The van der Waals surface area contributed by atoms with Crippen molar-refractivity contribution in [1.29, 1.82) is 0 Å². The molecule has 0 amide bonds. The van der Waals surface area contributed by atoms with Crippen LogP contribution in [0.4, 0.5) is 0 Å². The van der Waals surface area contributed by atoms with Gasteiger partial charge in [-0.3, -0.25) is 0 Å². The molecule has 1 aromatic carbocycles. The lowest BCUT2D eigenvalue weighted by Gasteiger charge is -2.18. The Kier molecular flexibility index (Phi) is 2.12. The Bertz CT molecular complexity index is 503. The highest BCUT2D eigenvalue weighted by atomic mass is 16.3. The highest BCUT2D eigenvalue weighted by Crippen LogP contribution is 2.29. The van der Waals surface area contributed by atoms with Gasteiger partial charge in [0.1, 0.15) is 0 Å². The molecular weight excluding hydrogens is 186 g/mol. The number of aryl methyl sites for hydroxylation is 2. The maximum atomic E-state index is 10.1. The van der Waals surface area contributed by atoms with Crippen molar-refractivity contribution in [2.45, 2.75) is 26.4 Å². The highest BCUT2D eigenvalue weighted by molar-refractivity contribution is 5.85. The van der Waals surface area contributed by atoms with E-state index in [4.69, 9.17) is 0 Å². The fourth-order valence-corrected chi connectivity index (χ4v) is 2.03. The third kappa shape index (κ3) is 1.55. The average molecular weight is 203 g/mol. The molecule has 0 aliphatic rings. The third-order valence-electron chi connectivity index (χ3n) is 2.99. The zero-order chi connectivity index (χ0) is 11.2. The van der Waals surface area contributed by atoms with Crippen LogP contribution in [0, 0.1) is 6.92 Å². The molecule has 2 aromatic rings. The minimum absolute atomic E-state index is 0.784. The van der Waals surface area contributed by atoms with E-state index in [0.29, 0.717) is 0 Å². The van der Waals surface area contributed by atoms with Gasteiger partial charge in [-0.2, -0.15) is 0 Å². The number of fused-ring (bicyclic) bond motifs is 1. The van der Waals surface area contributed by atoms with Crippen LogP contribution < -0.4 is 0 Å². The fourth-order valence-electron chi connectivity index (χ4n) is 2.03. The molecule has 1 N–H and O–H groups in total. The molecule has 0 unspecified atom stereocenters.